The number of hydrogen-bond donors (Lipinski definition) is 2. The third kappa shape index (κ3) is 6.08. The summed E-state index contributed by atoms with van der Waals surface area (Å²) in [6, 6.07) is 12.9. The molecule has 4 rings (SSSR count). The second-order valence-electron chi connectivity index (χ2n) is 8.99. The molecule has 0 bridgehead atoms. The first kappa shape index (κ1) is 27.7. The van der Waals surface area contributed by atoms with Gasteiger partial charge >= 0.3 is 6.18 Å². The van der Waals surface area contributed by atoms with E-state index in [2.05, 4.69) is 14.7 Å². The van der Waals surface area contributed by atoms with Gasteiger partial charge in [0.1, 0.15) is 11.6 Å². The molecule has 0 radical (unpaired) electrons. The van der Waals surface area contributed by atoms with Crippen LogP contribution in [0.1, 0.15) is 30.9 Å². The lowest BCUT2D eigenvalue weighted by molar-refractivity contribution is -0.137. The Morgan fingerprint density at radius 1 is 1.00 bits per heavy atom. The molecule has 3 aromatic rings. The van der Waals surface area contributed by atoms with Gasteiger partial charge in [0, 0.05) is 24.2 Å². The van der Waals surface area contributed by atoms with Crippen molar-refractivity contribution < 1.29 is 21.6 Å². The molecule has 0 saturated carbocycles. The maximum atomic E-state index is 13.7. The number of anilines is 2. The van der Waals surface area contributed by atoms with E-state index in [0.29, 0.717) is 24.5 Å². The van der Waals surface area contributed by atoms with Gasteiger partial charge in [-0.2, -0.15) is 21.6 Å². The van der Waals surface area contributed by atoms with Crippen molar-refractivity contribution in [2.45, 2.75) is 43.4 Å². The van der Waals surface area contributed by atoms with E-state index in [1.54, 1.807) is 37.3 Å². The molecule has 3 N–H and O–H groups in total. The van der Waals surface area contributed by atoms with Gasteiger partial charge in [-0.25, -0.2) is 9.97 Å². The Kier molecular flexibility index (Phi) is 7.87. The predicted molar refractivity (Wildman–Crippen MR) is 136 cm³/mol. The molecule has 7 nitrogen and oxygen atoms in total. The Balaban J connectivity index is 0.00000361. The smallest absolute Gasteiger partial charge is 0.356 e. The van der Waals surface area contributed by atoms with Gasteiger partial charge in [0.25, 0.3) is 10.0 Å². The van der Waals surface area contributed by atoms with Gasteiger partial charge in [0.15, 0.2) is 5.03 Å². The molecule has 0 atom stereocenters. The number of sulfonamides is 1. The second kappa shape index (κ2) is 10.2. The summed E-state index contributed by atoms with van der Waals surface area (Å²) >= 11 is 0. The van der Waals surface area contributed by atoms with E-state index in [1.165, 1.54) is 12.1 Å². The van der Waals surface area contributed by atoms with E-state index in [9.17, 15) is 21.6 Å². The molecule has 2 aromatic heterocycles. The van der Waals surface area contributed by atoms with Crippen molar-refractivity contribution in [2.24, 2.45) is 5.73 Å². The van der Waals surface area contributed by atoms with Crippen LogP contribution < -0.4 is 15.4 Å². The molecule has 0 aliphatic carbocycles. The molecule has 12 heteroatoms. The Labute approximate surface area is 214 Å². The van der Waals surface area contributed by atoms with E-state index in [1.807, 2.05) is 11.8 Å². The maximum Gasteiger partial charge on any atom is 0.418 e. The fourth-order valence-electron chi connectivity index (χ4n) is 3.95. The Morgan fingerprint density at radius 2 is 1.67 bits per heavy atom. The SMILES string of the molecule is Cc1ccccc1-c1nc(NS(=O)(=O)c2cccc(N3CCC(C)(N)CC3)n2)ccc1C(F)(F)F.Cl. The molecule has 1 aromatic carbocycles. The molecule has 1 aliphatic heterocycles. The number of nitrogens with two attached hydrogens (primary N) is 1. The zero-order valence-electron chi connectivity index (χ0n) is 19.7. The highest BCUT2D eigenvalue weighted by atomic mass is 35.5. The first-order valence-electron chi connectivity index (χ1n) is 11.0. The average molecular weight is 542 g/mol. The quantitative estimate of drug-likeness (QED) is 0.471. The number of aryl methyl sites for hydroxylation is 1. The van der Waals surface area contributed by atoms with Crippen LogP contribution in [0.2, 0.25) is 0 Å². The summed E-state index contributed by atoms with van der Waals surface area (Å²) in [6.07, 6.45) is -3.19. The van der Waals surface area contributed by atoms with E-state index in [4.69, 9.17) is 5.73 Å². The number of alkyl halides is 3. The van der Waals surface area contributed by atoms with Gasteiger partial charge in [-0.3, -0.25) is 4.72 Å². The lowest BCUT2D eigenvalue weighted by Gasteiger charge is -2.37. The summed E-state index contributed by atoms with van der Waals surface area (Å²) in [5.74, 6) is 0.254. The van der Waals surface area contributed by atoms with Crippen LogP contribution >= 0.6 is 12.4 Å². The molecular formula is C24H27ClF3N5O2S. The summed E-state index contributed by atoms with van der Waals surface area (Å²) < 4.78 is 69.4. The number of benzene rings is 1. The number of rotatable bonds is 5. The Bertz CT molecular complexity index is 1340. The largest absolute Gasteiger partial charge is 0.418 e. The van der Waals surface area contributed by atoms with Gasteiger partial charge in [0.2, 0.25) is 0 Å². The minimum atomic E-state index is -4.66. The number of hydrogen-bond acceptors (Lipinski definition) is 6. The maximum absolute atomic E-state index is 13.7. The van der Waals surface area contributed by atoms with Crippen LogP contribution in [0.4, 0.5) is 24.8 Å². The molecule has 1 saturated heterocycles. The van der Waals surface area contributed by atoms with Crippen LogP contribution in [-0.2, 0) is 16.2 Å². The van der Waals surface area contributed by atoms with Crippen molar-refractivity contribution in [1.29, 1.82) is 0 Å². The number of nitrogens with zero attached hydrogens (tertiary/aromatic N) is 3. The lowest BCUT2D eigenvalue weighted by atomic mass is 9.91. The lowest BCUT2D eigenvalue weighted by Crippen LogP contribution is -2.48. The summed E-state index contributed by atoms with van der Waals surface area (Å²) in [4.78, 5) is 10.3. The van der Waals surface area contributed by atoms with Crippen LogP contribution in [0.25, 0.3) is 11.3 Å². The number of halogens is 4. The summed E-state index contributed by atoms with van der Waals surface area (Å²) in [5, 5.41) is -0.254. The zero-order valence-corrected chi connectivity index (χ0v) is 21.3. The van der Waals surface area contributed by atoms with E-state index in [0.717, 1.165) is 25.0 Å². The fraction of sp³-hybridized carbons (Fsp3) is 0.333. The van der Waals surface area contributed by atoms with Crippen molar-refractivity contribution in [2.75, 3.05) is 22.7 Å². The van der Waals surface area contributed by atoms with Crippen LogP contribution in [0.5, 0.6) is 0 Å². The van der Waals surface area contributed by atoms with Crippen LogP contribution in [0, 0.1) is 6.92 Å². The van der Waals surface area contributed by atoms with E-state index < -0.39 is 21.8 Å². The highest BCUT2D eigenvalue weighted by Crippen LogP contribution is 2.38. The first-order valence-corrected chi connectivity index (χ1v) is 12.5. The highest BCUT2D eigenvalue weighted by Gasteiger charge is 2.35. The van der Waals surface area contributed by atoms with Gasteiger partial charge in [-0.05, 0) is 56.5 Å². The van der Waals surface area contributed by atoms with E-state index >= 15 is 0 Å². The molecule has 194 valence electrons. The molecule has 0 spiro atoms. The molecule has 0 unspecified atom stereocenters. The normalized spacial score (nSPS) is 15.8. The molecule has 3 heterocycles. The fourth-order valence-corrected chi connectivity index (χ4v) is 4.92. The third-order valence-electron chi connectivity index (χ3n) is 6.05. The minimum Gasteiger partial charge on any atom is -0.356 e. The van der Waals surface area contributed by atoms with Crippen molar-refractivity contribution in [3.63, 3.8) is 0 Å². The van der Waals surface area contributed by atoms with Crippen LogP contribution in [0.3, 0.4) is 0 Å². The van der Waals surface area contributed by atoms with Gasteiger partial charge in [-0.15, -0.1) is 12.4 Å². The highest BCUT2D eigenvalue weighted by molar-refractivity contribution is 7.92. The Morgan fingerprint density at radius 3 is 2.31 bits per heavy atom. The van der Waals surface area contributed by atoms with Crippen molar-refractivity contribution >= 4 is 34.1 Å². The van der Waals surface area contributed by atoms with Crippen LogP contribution in [0.15, 0.2) is 59.6 Å². The van der Waals surface area contributed by atoms with Crippen molar-refractivity contribution in [3.05, 3.63) is 65.7 Å². The zero-order chi connectivity index (χ0) is 25.4. The summed E-state index contributed by atoms with van der Waals surface area (Å²) in [6.45, 7) is 4.91. The molecular weight excluding hydrogens is 515 g/mol. The molecule has 1 fully saturated rings. The van der Waals surface area contributed by atoms with Gasteiger partial charge in [0.05, 0.1) is 11.3 Å². The average Bonchev–Trinajstić information content (AvgIpc) is 2.78. The number of pyridine rings is 2. The predicted octanol–water partition coefficient (Wildman–Crippen LogP) is 5.01. The summed E-state index contributed by atoms with van der Waals surface area (Å²) in [5.41, 5.74) is 5.44. The Hall–Kier alpha value is -2.89. The standard InChI is InChI=1S/C24H26F3N5O2S.ClH/c1-16-6-3-4-7-17(16)22-18(24(25,26)27)10-11-19(29-22)31-35(33,34)21-9-5-8-20(30-21)32-14-12-23(2,28)13-15-32;/h3-11H,12-15,28H2,1-2H3,(H,29,31);1H. The van der Waals surface area contributed by atoms with Gasteiger partial charge in [-0.1, -0.05) is 30.3 Å². The monoisotopic (exact) mass is 541 g/mol. The van der Waals surface area contributed by atoms with E-state index in [-0.39, 0.29) is 40.0 Å². The second-order valence-corrected chi connectivity index (χ2v) is 10.6. The third-order valence-corrected chi connectivity index (χ3v) is 7.31. The van der Waals surface area contributed by atoms with Gasteiger partial charge < -0.3 is 10.6 Å². The minimum absolute atomic E-state index is 0. The number of piperidine rings is 1. The van der Waals surface area contributed by atoms with Crippen molar-refractivity contribution in [1.82, 2.24) is 9.97 Å². The summed E-state index contributed by atoms with van der Waals surface area (Å²) in [7, 11) is -4.21. The molecule has 1 aliphatic rings. The molecule has 0 amide bonds. The number of aromatic nitrogens is 2. The first-order chi connectivity index (χ1) is 16.4. The van der Waals surface area contributed by atoms with Crippen LogP contribution in [-0.4, -0.2) is 37.0 Å². The van der Waals surface area contributed by atoms with Crippen molar-refractivity contribution in [3.8, 4) is 11.3 Å². The number of nitrogens with one attached hydrogen (secondary N) is 1. The topological polar surface area (TPSA) is 101 Å². The molecule has 36 heavy (non-hydrogen) atoms.